The van der Waals surface area contributed by atoms with Gasteiger partial charge in [-0.05, 0) is 48.7 Å². The van der Waals surface area contributed by atoms with E-state index in [1.54, 1.807) is 14.2 Å². The summed E-state index contributed by atoms with van der Waals surface area (Å²) in [5.41, 5.74) is 3.17. The van der Waals surface area contributed by atoms with Crippen LogP contribution in [-0.2, 0) is 6.54 Å². The van der Waals surface area contributed by atoms with Gasteiger partial charge in [0.15, 0.2) is 5.82 Å². The topological polar surface area (TPSA) is 59.5 Å². The number of methoxy groups -OCH3 is 2. The van der Waals surface area contributed by atoms with Crippen LogP contribution in [0.4, 0.5) is 5.82 Å². The second kappa shape index (κ2) is 10.1. The first-order valence-corrected chi connectivity index (χ1v) is 11.7. The first-order valence-electron chi connectivity index (χ1n) is 11.7. The maximum atomic E-state index is 5.52. The van der Waals surface area contributed by atoms with Crippen LogP contribution in [0.2, 0.25) is 0 Å². The molecule has 4 aromatic rings. The van der Waals surface area contributed by atoms with E-state index in [-0.39, 0.29) is 0 Å². The fraction of sp³-hybridized carbons (Fsp3) is 0.286. The molecule has 1 saturated heterocycles. The summed E-state index contributed by atoms with van der Waals surface area (Å²) in [5.74, 6) is 2.41. The SMILES string of the molecule is COc1cccc(-c2nnc(NC3CCN(Cc4ccccc4)CC3)c3cc(OC)ccc23)c1. The summed E-state index contributed by atoms with van der Waals surface area (Å²) >= 11 is 0. The summed E-state index contributed by atoms with van der Waals surface area (Å²) in [6, 6.07) is 25.0. The van der Waals surface area contributed by atoms with Gasteiger partial charge in [-0.25, -0.2) is 0 Å². The minimum atomic E-state index is 0.360. The largest absolute Gasteiger partial charge is 0.497 e. The van der Waals surface area contributed by atoms with E-state index in [1.807, 2.05) is 36.4 Å². The average Bonchev–Trinajstić information content (AvgIpc) is 2.90. The Kier molecular flexibility index (Phi) is 6.58. The van der Waals surface area contributed by atoms with Crippen LogP contribution in [0.25, 0.3) is 22.0 Å². The molecule has 6 nitrogen and oxygen atoms in total. The summed E-state index contributed by atoms with van der Waals surface area (Å²) in [7, 11) is 3.36. The smallest absolute Gasteiger partial charge is 0.156 e. The van der Waals surface area contributed by atoms with Gasteiger partial charge in [-0.1, -0.05) is 42.5 Å². The predicted octanol–water partition coefficient (Wildman–Crippen LogP) is 5.39. The van der Waals surface area contributed by atoms with E-state index in [2.05, 4.69) is 56.8 Å². The molecule has 6 heteroatoms. The van der Waals surface area contributed by atoms with Crippen molar-refractivity contribution in [2.75, 3.05) is 32.6 Å². The summed E-state index contributed by atoms with van der Waals surface area (Å²) in [5, 5.41) is 15.0. The minimum Gasteiger partial charge on any atom is -0.497 e. The Morgan fingerprint density at radius 1 is 0.824 bits per heavy atom. The van der Waals surface area contributed by atoms with E-state index in [0.29, 0.717) is 6.04 Å². The monoisotopic (exact) mass is 454 g/mol. The third kappa shape index (κ3) is 4.82. The van der Waals surface area contributed by atoms with E-state index in [9.17, 15) is 0 Å². The zero-order valence-corrected chi connectivity index (χ0v) is 19.7. The van der Waals surface area contributed by atoms with Crippen molar-refractivity contribution in [2.24, 2.45) is 0 Å². The highest BCUT2D eigenvalue weighted by molar-refractivity contribution is 6.01. The van der Waals surface area contributed by atoms with Gasteiger partial charge in [-0.15, -0.1) is 10.2 Å². The molecule has 3 aromatic carbocycles. The number of rotatable bonds is 7. The Bertz CT molecular complexity index is 1250. The van der Waals surface area contributed by atoms with Crippen molar-refractivity contribution in [1.29, 1.82) is 0 Å². The second-order valence-corrected chi connectivity index (χ2v) is 8.72. The maximum Gasteiger partial charge on any atom is 0.156 e. The quantitative estimate of drug-likeness (QED) is 0.404. The van der Waals surface area contributed by atoms with Gasteiger partial charge in [-0.3, -0.25) is 4.90 Å². The van der Waals surface area contributed by atoms with Crippen molar-refractivity contribution in [2.45, 2.75) is 25.4 Å². The molecule has 5 rings (SSSR count). The number of nitrogens with zero attached hydrogens (tertiary/aromatic N) is 3. The molecular formula is C28H30N4O2. The third-order valence-corrected chi connectivity index (χ3v) is 6.51. The Hall–Kier alpha value is -3.64. The molecule has 1 aromatic heterocycles. The standard InChI is InChI=1S/C28H30N4O2/c1-33-23-10-6-9-21(17-23)27-25-12-11-24(34-2)18-26(25)28(31-30-27)29-22-13-15-32(16-14-22)19-20-7-4-3-5-8-20/h3-12,17-18,22H,13-16,19H2,1-2H3,(H,29,31). The van der Waals surface area contributed by atoms with Crippen molar-refractivity contribution in [1.82, 2.24) is 15.1 Å². The van der Waals surface area contributed by atoms with Crippen molar-refractivity contribution in [3.63, 3.8) is 0 Å². The summed E-state index contributed by atoms with van der Waals surface area (Å²) < 4.78 is 10.9. The Labute approximate surface area is 200 Å². The van der Waals surface area contributed by atoms with Crippen LogP contribution in [0, 0.1) is 0 Å². The molecule has 0 spiro atoms. The fourth-order valence-electron chi connectivity index (χ4n) is 4.62. The molecule has 0 unspecified atom stereocenters. The lowest BCUT2D eigenvalue weighted by atomic mass is 10.0. The van der Waals surface area contributed by atoms with Crippen LogP contribution in [-0.4, -0.2) is 48.4 Å². The molecule has 174 valence electrons. The molecule has 1 aliphatic heterocycles. The number of aromatic nitrogens is 2. The number of ether oxygens (including phenoxy) is 2. The molecular weight excluding hydrogens is 424 g/mol. The normalized spacial score (nSPS) is 14.8. The number of anilines is 1. The van der Waals surface area contributed by atoms with Crippen LogP contribution >= 0.6 is 0 Å². The average molecular weight is 455 g/mol. The Balaban J connectivity index is 1.37. The molecule has 2 heterocycles. The van der Waals surface area contributed by atoms with Gasteiger partial charge in [0, 0.05) is 42.0 Å². The van der Waals surface area contributed by atoms with Gasteiger partial charge in [0.2, 0.25) is 0 Å². The highest BCUT2D eigenvalue weighted by Crippen LogP contribution is 2.34. The van der Waals surface area contributed by atoms with Crippen LogP contribution in [0.3, 0.4) is 0 Å². The van der Waals surface area contributed by atoms with E-state index in [0.717, 1.165) is 71.8 Å². The van der Waals surface area contributed by atoms with Crippen molar-refractivity contribution < 1.29 is 9.47 Å². The minimum absolute atomic E-state index is 0.360. The zero-order valence-electron chi connectivity index (χ0n) is 19.7. The summed E-state index contributed by atoms with van der Waals surface area (Å²) in [6.07, 6.45) is 2.13. The van der Waals surface area contributed by atoms with E-state index in [4.69, 9.17) is 9.47 Å². The van der Waals surface area contributed by atoms with E-state index in [1.165, 1.54) is 5.56 Å². The zero-order chi connectivity index (χ0) is 23.3. The number of likely N-dealkylation sites (tertiary alicyclic amines) is 1. The van der Waals surface area contributed by atoms with Gasteiger partial charge >= 0.3 is 0 Å². The molecule has 0 amide bonds. The predicted molar refractivity (Wildman–Crippen MR) is 136 cm³/mol. The van der Waals surface area contributed by atoms with Crippen molar-refractivity contribution >= 4 is 16.6 Å². The molecule has 0 aliphatic carbocycles. The highest BCUT2D eigenvalue weighted by Gasteiger charge is 2.21. The molecule has 0 radical (unpaired) electrons. The van der Waals surface area contributed by atoms with Crippen LogP contribution < -0.4 is 14.8 Å². The molecule has 0 saturated carbocycles. The van der Waals surface area contributed by atoms with E-state index < -0.39 is 0 Å². The number of piperidine rings is 1. The number of hydrogen-bond donors (Lipinski definition) is 1. The molecule has 34 heavy (non-hydrogen) atoms. The third-order valence-electron chi connectivity index (χ3n) is 6.51. The van der Waals surface area contributed by atoms with Crippen LogP contribution in [0.1, 0.15) is 18.4 Å². The second-order valence-electron chi connectivity index (χ2n) is 8.72. The van der Waals surface area contributed by atoms with Crippen LogP contribution in [0.15, 0.2) is 72.8 Å². The first kappa shape index (κ1) is 22.2. The summed E-state index contributed by atoms with van der Waals surface area (Å²) in [6.45, 7) is 3.12. The number of benzene rings is 3. The van der Waals surface area contributed by atoms with Gasteiger partial charge in [0.1, 0.15) is 17.2 Å². The lowest BCUT2D eigenvalue weighted by Crippen LogP contribution is -2.38. The van der Waals surface area contributed by atoms with Gasteiger partial charge in [0.25, 0.3) is 0 Å². The number of hydrogen-bond acceptors (Lipinski definition) is 6. The first-order chi connectivity index (χ1) is 16.7. The van der Waals surface area contributed by atoms with Crippen molar-refractivity contribution in [3.05, 3.63) is 78.4 Å². The summed E-state index contributed by atoms with van der Waals surface area (Å²) in [4.78, 5) is 2.52. The number of fused-ring (bicyclic) bond motifs is 1. The Morgan fingerprint density at radius 3 is 2.35 bits per heavy atom. The fourth-order valence-corrected chi connectivity index (χ4v) is 4.62. The lowest BCUT2D eigenvalue weighted by Gasteiger charge is -2.32. The highest BCUT2D eigenvalue weighted by atomic mass is 16.5. The molecule has 1 fully saturated rings. The molecule has 0 atom stereocenters. The maximum absolute atomic E-state index is 5.52. The molecule has 1 aliphatic rings. The van der Waals surface area contributed by atoms with Gasteiger partial charge < -0.3 is 14.8 Å². The number of nitrogens with one attached hydrogen (secondary N) is 1. The lowest BCUT2D eigenvalue weighted by molar-refractivity contribution is 0.211. The van der Waals surface area contributed by atoms with E-state index >= 15 is 0 Å². The van der Waals surface area contributed by atoms with Crippen LogP contribution in [0.5, 0.6) is 11.5 Å². The Morgan fingerprint density at radius 2 is 1.59 bits per heavy atom. The van der Waals surface area contributed by atoms with Gasteiger partial charge in [-0.2, -0.15) is 0 Å². The van der Waals surface area contributed by atoms with Crippen molar-refractivity contribution in [3.8, 4) is 22.8 Å². The van der Waals surface area contributed by atoms with Gasteiger partial charge in [0.05, 0.1) is 14.2 Å². The molecule has 1 N–H and O–H groups in total. The molecule has 0 bridgehead atoms.